The van der Waals surface area contributed by atoms with Gasteiger partial charge in [0, 0.05) is 6.07 Å². The number of aliphatic hydroxyl groups is 1. The average molecular weight is 193 g/mol. The molecule has 14 heavy (non-hydrogen) atoms. The zero-order valence-electron chi connectivity index (χ0n) is 7.80. The Morgan fingerprint density at radius 2 is 2.29 bits per heavy atom. The molecular weight excluding hydrogens is 182 g/mol. The molecule has 4 nitrogen and oxygen atoms in total. The predicted octanol–water partition coefficient (Wildman–Crippen LogP) is 2.12. The lowest BCUT2D eigenvalue weighted by molar-refractivity contribution is -0.386. The van der Waals surface area contributed by atoms with Crippen LogP contribution in [0.25, 0.3) is 0 Å². The number of aliphatic hydroxyl groups excluding tert-OH is 1. The summed E-state index contributed by atoms with van der Waals surface area (Å²) in [6.07, 6.45) is 0.275. The fraction of sp³-hybridized carbons (Fsp3) is 0.200. The summed E-state index contributed by atoms with van der Waals surface area (Å²) in [4.78, 5) is 10.1. The third kappa shape index (κ3) is 1.97. The number of benzene rings is 1. The van der Waals surface area contributed by atoms with Crippen LogP contribution in [0, 0.1) is 17.0 Å². The Kier molecular flexibility index (Phi) is 2.99. The van der Waals surface area contributed by atoms with Gasteiger partial charge in [0.05, 0.1) is 10.5 Å². The first-order valence-corrected chi connectivity index (χ1v) is 4.12. The van der Waals surface area contributed by atoms with Crippen LogP contribution in [0.5, 0.6) is 0 Å². The van der Waals surface area contributed by atoms with E-state index >= 15 is 0 Å². The van der Waals surface area contributed by atoms with Gasteiger partial charge in [0.1, 0.15) is 6.10 Å². The molecule has 1 N–H and O–H groups in total. The molecule has 0 saturated heterocycles. The highest BCUT2D eigenvalue weighted by Gasteiger charge is 2.17. The second kappa shape index (κ2) is 4.02. The zero-order chi connectivity index (χ0) is 10.7. The highest BCUT2D eigenvalue weighted by atomic mass is 16.6. The van der Waals surface area contributed by atoms with Gasteiger partial charge in [-0.3, -0.25) is 10.1 Å². The van der Waals surface area contributed by atoms with Gasteiger partial charge >= 0.3 is 0 Å². The molecule has 0 aliphatic rings. The summed E-state index contributed by atoms with van der Waals surface area (Å²) in [5, 5.41) is 20.1. The highest BCUT2D eigenvalue weighted by molar-refractivity contribution is 5.45. The van der Waals surface area contributed by atoms with Crippen molar-refractivity contribution in [3.63, 3.8) is 0 Å². The van der Waals surface area contributed by atoms with E-state index in [0.717, 1.165) is 5.56 Å². The molecule has 1 aromatic carbocycles. The van der Waals surface area contributed by atoms with Crippen LogP contribution in [0.4, 0.5) is 5.69 Å². The van der Waals surface area contributed by atoms with Crippen molar-refractivity contribution in [1.82, 2.24) is 0 Å². The molecular formula is C10H11NO3. The molecule has 0 bridgehead atoms. The minimum Gasteiger partial charge on any atom is -0.384 e. The smallest absolute Gasteiger partial charge is 0.275 e. The van der Waals surface area contributed by atoms with E-state index in [2.05, 4.69) is 6.58 Å². The number of nitro benzene ring substituents is 1. The first-order chi connectivity index (χ1) is 6.56. The zero-order valence-corrected chi connectivity index (χ0v) is 7.80. The third-order valence-corrected chi connectivity index (χ3v) is 1.92. The molecule has 0 radical (unpaired) electrons. The first-order valence-electron chi connectivity index (χ1n) is 4.12. The van der Waals surface area contributed by atoms with Gasteiger partial charge in [0.2, 0.25) is 0 Å². The van der Waals surface area contributed by atoms with Crippen LogP contribution in [-0.2, 0) is 0 Å². The van der Waals surface area contributed by atoms with Crippen LogP contribution in [0.1, 0.15) is 17.2 Å². The summed E-state index contributed by atoms with van der Waals surface area (Å²) >= 11 is 0. The molecule has 1 unspecified atom stereocenters. The Labute approximate surface area is 81.6 Å². The van der Waals surface area contributed by atoms with Crippen molar-refractivity contribution in [2.45, 2.75) is 13.0 Å². The number of rotatable bonds is 3. The predicted molar refractivity (Wildman–Crippen MR) is 53.0 cm³/mol. The molecule has 0 amide bonds. The van der Waals surface area contributed by atoms with E-state index in [1.54, 1.807) is 12.1 Å². The lowest BCUT2D eigenvalue weighted by Crippen LogP contribution is -2.00. The number of hydrogen-bond acceptors (Lipinski definition) is 3. The summed E-state index contributed by atoms with van der Waals surface area (Å²) in [5.41, 5.74) is 1.07. The van der Waals surface area contributed by atoms with E-state index < -0.39 is 11.0 Å². The van der Waals surface area contributed by atoms with Crippen LogP contribution >= 0.6 is 0 Å². The maximum Gasteiger partial charge on any atom is 0.275 e. The van der Waals surface area contributed by atoms with E-state index in [4.69, 9.17) is 0 Å². The van der Waals surface area contributed by atoms with Gasteiger partial charge in [-0.1, -0.05) is 17.7 Å². The Balaban J connectivity index is 3.29. The minimum absolute atomic E-state index is 0.0806. The SMILES string of the molecule is C=CC(O)c1cc(C)ccc1[N+](=O)[O-]. The van der Waals surface area contributed by atoms with Crippen molar-refractivity contribution >= 4 is 5.69 Å². The minimum atomic E-state index is -0.990. The van der Waals surface area contributed by atoms with Crippen molar-refractivity contribution in [3.8, 4) is 0 Å². The molecule has 1 aromatic rings. The fourth-order valence-corrected chi connectivity index (χ4v) is 1.20. The molecule has 1 atom stereocenters. The van der Waals surface area contributed by atoms with Crippen LogP contribution in [0.3, 0.4) is 0 Å². The summed E-state index contributed by atoms with van der Waals surface area (Å²) < 4.78 is 0. The molecule has 0 aliphatic carbocycles. The average Bonchev–Trinajstić information content (AvgIpc) is 2.16. The van der Waals surface area contributed by atoms with Crippen molar-refractivity contribution in [2.75, 3.05) is 0 Å². The van der Waals surface area contributed by atoms with E-state index in [1.165, 1.54) is 12.1 Å². The second-order valence-electron chi connectivity index (χ2n) is 3.00. The quantitative estimate of drug-likeness (QED) is 0.454. The van der Waals surface area contributed by atoms with Gasteiger partial charge in [0.25, 0.3) is 5.69 Å². The lowest BCUT2D eigenvalue weighted by Gasteiger charge is -2.06. The highest BCUT2D eigenvalue weighted by Crippen LogP contribution is 2.26. The summed E-state index contributed by atoms with van der Waals surface area (Å²) in [5.74, 6) is 0. The molecule has 4 heteroatoms. The maximum atomic E-state index is 10.6. The van der Waals surface area contributed by atoms with E-state index in [9.17, 15) is 15.2 Å². The first kappa shape index (κ1) is 10.4. The molecule has 0 fully saturated rings. The second-order valence-corrected chi connectivity index (χ2v) is 3.00. The van der Waals surface area contributed by atoms with Gasteiger partial charge in [-0.15, -0.1) is 6.58 Å². The number of aryl methyl sites for hydroxylation is 1. The van der Waals surface area contributed by atoms with Gasteiger partial charge in [0.15, 0.2) is 0 Å². The standard InChI is InChI=1S/C10H11NO3/c1-3-10(12)8-6-7(2)4-5-9(8)11(13)14/h3-6,10,12H,1H2,2H3. The Hall–Kier alpha value is -1.68. The Bertz CT molecular complexity index is 374. The Morgan fingerprint density at radius 3 is 2.79 bits per heavy atom. The number of nitrogens with zero attached hydrogens (tertiary/aromatic N) is 1. The molecule has 74 valence electrons. The van der Waals surface area contributed by atoms with Crippen molar-refractivity contribution in [1.29, 1.82) is 0 Å². The molecule has 0 spiro atoms. The van der Waals surface area contributed by atoms with Crippen LogP contribution < -0.4 is 0 Å². The third-order valence-electron chi connectivity index (χ3n) is 1.92. The summed E-state index contributed by atoms with van der Waals surface area (Å²) in [6, 6.07) is 4.61. The van der Waals surface area contributed by atoms with E-state index in [1.807, 2.05) is 6.92 Å². The largest absolute Gasteiger partial charge is 0.384 e. The van der Waals surface area contributed by atoms with E-state index in [0.29, 0.717) is 0 Å². The van der Waals surface area contributed by atoms with Crippen LogP contribution in [-0.4, -0.2) is 10.0 Å². The molecule has 0 saturated carbocycles. The van der Waals surface area contributed by atoms with Crippen molar-refractivity contribution in [3.05, 3.63) is 52.1 Å². The molecule has 1 rings (SSSR count). The molecule has 0 aromatic heterocycles. The van der Waals surface area contributed by atoms with E-state index in [-0.39, 0.29) is 11.3 Å². The molecule has 0 aliphatic heterocycles. The Morgan fingerprint density at radius 1 is 1.64 bits per heavy atom. The van der Waals surface area contributed by atoms with Crippen molar-refractivity contribution < 1.29 is 10.0 Å². The number of nitro groups is 1. The van der Waals surface area contributed by atoms with Crippen LogP contribution in [0.15, 0.2) is 30.9 Å². The van der Waals surface area contributed by atoms with Gasteiger partial charge in [-0.2, -0.15) is 0 Å². The van der Waals surface area contributed by atoms with Gasteiger partial charge in [-0.25, -0.2) is 0 Å². The van der Waals surface area contributed by atoms with Gasteiger partial charge < -0.3 is 5.11 Å². The lowest BCUT2D eigenvalue weighted by atomic mass is 10.0. The maximum absolute atomic E-state index is 10.6. The van der Waals surface area contributed by atoms with Crippen molar-refractivity contribution in [2.24, 2.45) is 0 Å². The monoisotopic (exact) mass is 193 g/mol. The van der Waals surface area contributed by atoms with Gasteiger partial charge in [-0.05, 0) is 13.0 Å². The number of hydrogen-bond donors (Lipinski definition) is 1. The fourth-order valence-electron chi connectivity index (χ4n) is 1.20. The molecule has 0 heterocycles. The summed E-state index contributed by atoms with van der Waals surface area (Å²) in [7, 11) is 0. The normalized spacial score (nSPS) is 12.1. The summed E-state index contributed by atoms with van der Waals surface area (Å²) in [6.45, 7) is 5.20. The van der Waals surface area contributed by atoms with Crippen LogP contribution in [0.2, 0.25) is 0 Å². The topological polar surface area (TPSA) is 63.4 Å².